The van der Waals surface area contributed by atoms with Gasteiger partial charge in [-0.25, -0.2) is 0 Å². The number of methoxy groups -OCH3 is 1. The van der Waals surface area contributed by atoms with E-state index in [-0.39, 0.29) is 24.4 Å². The van der Waals surface area contributed by atoms with Gasteiger partial charge < -0.3 is 9.64 Å². The zero-order valence-electron chi connectivity index (χ0n) is 15.8. The van der Waals surface area contributed by atoms with Crippen molar-refractivity contribution in [2.24, 2.45) is 0 Å². The fourth-order valence-electron chi connectivity index (χ4n) is 3.50. The number of halogens is 1. The number of aromatic amines is 1. The summed E-state index contributed by atoms with van der Waals surface area (Å²) in [5.41, 5.74) is 3.70. The molecule has 0 spiro atoms. The first kappa shape index (κ1) is 20.1. The van der Waals surface area contributed by atoms with Gasteiger partial charge >= 0.3 is 0 Å². The summed E-state index contributed by atoms with van der Waals surface area (Å²) in [4.78, 5) is 14.6. The van der Waals surface area contributed by atoms with Crippen LogP contribution in [0.3, 0.4) is 0 Å². The van der Waals surface area contributed by atoms with E-state index in [1.54, 1.807) is 7.11 Å². The van der Waals surface area contributed by atoms with E-state index in [2.05, 4.69) is 10.2 Å². The average molecular weight is 398 g/mol. The number of piperidine rings is 1. The number of carbonyl (C=O) groups is 1. The van der Waals surface area contributed by atoms with Crippen molar-refractivity contribution in [1.82, 2.24) is 15.1 Å². The molecular formula is C22H24ClN3O2. The van der Waals surface area contributed by atoms with Crippen LogP contribution in [0.2, 0.25) is 0 Å². The monoisotopic (exact) mass is 397 g/mol. The first-order valence-corrected chi connectivity index (χ1v) is 9.28. The second kappa shape index (κ2) is 9.04. The maximum Gasteiger partial charge on any atom is 0.253 e. The molecule has 1 aliphatic heterocycles. The molecule has 0 saturated carbocycles. The quantitative estimate of drug-likeness (QED) is 0.709. The molecule has 0 bridgehead atoms. The summed E-state index contributed by atoms with van der Waals surface area (Å²) in [7, 11) is 1.74. The van der Waals surface area contributed by atoms with Crippen molar-refractivity contribution in [1.29, 1.82) is 0 Å². The highest BCUT2D eigenvalue weighted by atomic mass is 35.5. The first-order chi connectivity index (χ1) is 13.2. The smallest absolute Gasteiger partial charge is 0.253 e. The minimum absolute atomic E-state index is 0. The number of hydrogen-bond acceptors (Lipinski definition) is 3. The molecule has 0 atom stereocenters. The molecule has 6 heteroatoms. The van der Waals surface area contributed by atoms with Crippen molar-refractivity contribution in [2.75, 3.05) is 20.2 Å². The fraction of sp³-hybridized carbons (Fsp3) is 0.273. The van der Waals surface area contributed by atoms with Crippen molar-refractivity contribution < 1.29 is 9.53 Å². The van der Waals surface area contributed by atoms with Crippen molar-refractivity contribution >= 4 is 41.4 Å². The van der Waals surface area contributed by atoms with E-state index in [0.29, 0.717) is 0 Å². The topological polar surface area (TPSA) is 58.2 Å². The number of fused-ring (bicyclic) bond motifs is 1. The number of amides is 1. The number of hydrogen-bond donors (Lipinski definition) is 1. The molecule has 1 aromatic heterocycles. The van der Waals surface area contributed by atoms with Gasteiger partial charge in [-0.2, -0.15) is 5.10 Å². The molecule has 0 unspecified atom stereocenters. The highest BCUT2D eigenvalue weighted by Gasteiger charge is 2.23. The van der Waals surface area contributed by atoms with Gasteiger partial charge in [-0.15, -0.1) is 12.4 Å². The van der Waals surface area contributed by atoms with E-state index in [9.17, 15) is 4.79 Å². The van der Waals surface area contributed by atoms with Gasteiger partial charge in [0.15, 0.2) is 0 Å². The van der Waals surface area contributed by atoms with Gasteiger partial charge in [-0.05, 0) is 42.7 Å². The molecule has 2 heterocycles. The summed E-state index contributed by atoms with van der Waals surface area (Å²) in [6, 6.07) is 15.8. The molecule has 1 N–H and O–H groups in total. The van der Waals surface area contributed by atoms with Crippen LogP contribution >= 0.6 is 12.4 Å². The maximum absolute atomic E-state index is 12.7. The molecule has 1 fully saturated rings. The van der Waals surface area contributed by atoms with Crippen molar-refractivity contribution in [2.45, 2.75) is 18.9 Å². The Hall–Kier alpha value is -2.63. The van der Waals surface area contributed by atoms with Gasteiger partial charge in [0.1, 0.15) is 0 Å². The third-order valence-electron chi connectivity index (χ3n) is 5.15. The zero-order valence-corrected chi connectivity index (χ0v) is 16.6. The summed E-state index contributed by atoms with van der Waals surface area (Å²) in [6.07, 6.45) is 6.09. The number of benzene rings is 2. The molecule has 28 heavy (non-hydrogen) atoms. The van der Waals surface area contributed by atoms with Crippen molar-refractivity contribution in [3.05, 3.63) is 65.4 Å². The SMILES string of the molecule is COC1CCN(C(=O)c2ccc(/C=C/c3n[nH]c4ccccc34)cc2)CC1.Cl. The standard InChI is InChI=1S/C22H23N3O2.ClH/c1-27-18-12-14-25(15-13-18)22(26)17-9-6-16(7-10-17)8-11-21-19-4-2-3-5-20(19)23-24-21;/h2-11,18H,12-15H2,1H3,(H,23,24);1H/b11-8+;. The number of ether oxygens (including phenoxy) is 1. The second-order valence-electron chi connectivity index (χ2n) is 6.84. The number of para-hydroxylation sites is 1. The highest BCUT2D eigenvalue weighted by molar-refractivity contribution is 5.95. The summed E-state index contributed by atoms with van der Waals surface area (Å²) < 4.78 is 5.37. The Labute approximate surface area is 170 Å². The number of carbonyl (C=O) groups excluding carboxylic acids is 1. The summed E-state index contributed by atoms with van der Waals surface area (Å²) in [6.45, 7) is 1.51. The van der Waals surface area contributed by atoms with Crippen LogP contribution in [0.25, 0.3) is 23.1 Å². The molecule has 1 saturated heterocycles. The lowest BCUT2D eigenvalue weighted by Gasteiger charge is -2.31. The van der Waals surface area contributed by atoms with Crippen LogP contribution in [0.4, 0.5) is 0 Å². The third-order valence-corrected chi connectivity index (χ3v) is 5.15. The minimum atomic E-state index is 0. The Balaban J connectivity index is 0.00000225. The van der Waals surface area contributed by atoms with Crippen molar-refractivity contribution in [3.63, 3.8) is 0 Å². The molecule has 2 aromatic carbocycles. The normalized spacial score (nSPS) is 15.1. The Bertz CT molecular complexity index is 957. The van der Waals surface area contributed by atoms with E-state index in [1.807, 2.05) is 65.6 Å². The van der Waals surface area contributed by atoms with Crippen LogP contribution in [0.1, 0.15) is 34.5 Å². The van der Waals surface area contributed by atoms with Gasteiger partial charge in [0.25, 0.3) is 5.91 Å². The van der Waals surface area contributed by atoms with Gasteiger partial charge in [0, 0.05) is 31.1 Å². The maximum atomic E-state index is 12.7. The summed E-state index contributed by atoms with van der Waals surface area (Å²) >= 11 is 0. The van der Waals surface area contributed by atoms with Gasteiger partial charge in [0.05, 0.1) is 17.3 Å². The lowest BCUT2D eigenvalue weighted by Crippen LogP contribution is -2.40. The van der Waals surface area contributed by atoms with Crippen LogP contribution in [0.15, 0.2) is 48.5 Å². The number of nitrogens with zero attached hydrogens (tertiary/aromatic N) is 2. The van der Waals surface area contributed by atoms with E-state index in [1.165, 1.54) is 0 Å². The Kier molecular flexibility index (Phi) is 6.49. The summed E-state index contributed by atoms with van der Waals surface area (Å²) in [5.74, 6) is 0.0957. The molecule has 1 amide bonds. The Morgan fingerprint density at radius 1 is 1.11 bits per heavy atom. The van der Waals surface area contributed by atoms with E-state index >= 15 is 0 Å². The number of nitrogens with one attached hydrogen (secondary N) is 1. The molecule has 3 aromatic rings. The van der Waals surface area contributed by atoms with Crippen LogP contribution in [0.5, 0.6) is 0 Å². The third kappa shape index (κ3) is 4.26. The molecule has 0 radical (unpaired) electrons. The van der Waals surface area contributed by atoms with Gasteiger partial charge in [-0.3, -0.25) is 9.89 Å². The zero-order chi connectivity index (χ0) is 18.6. The van der Waals surface area contributed by atoms with Crippen LogP contribution < -0.4 is 0 Å². The minimum Gasteiger partial charge on any atom is -0.381 e. The molecule has 1 aliphatic rings. The molecular weight excluding hydrogens is 374 g/mol. The Morgan fingerprint density at radius 2 is 1.82 bits per heavy atom. The highest BCUT2D eigenvalue weighted by Crippen LogP contribution is 2.19. The number of likely N-dealkylation sites (tertiary alicyclic amines) is 1. The Morgan fingerprint density at radius 3 is 2.54 bits per heavy atom. The van der Waals surface area contributed by atoms with Crippen LogP contribution in [-0.2, 0) is 4.74 Å². The fourth-order valence-corrected chi connectivity index (χ4v) is 3.50. The van der Waals surface area contributed by atoms with E-state index in [0.717, 1.165) is 53.7 Å². The lowest BCUT2D eigenvalue weighted by molar-refractivity contribution is 0.0351. The lowest BCUT2D eigenvalue weighted by atomic mass is 10.1. The van der Waals surface area contributed by atoms with Crippen LogP contribution in [0, 0.1) is 0 Å². The predicted molar refractivity (Wildman–Crippen MR) is 115 cm³/mol. The average Bonchev–Trinajstić information content (AvgIpc) is 3.15. The van der Waals surface area contributed by atoms with Gasteiger partial charge in [0.2, 0.25) is 0 Å². The predicted octanol–water partition coefficient (Wildman–Crippen LogP) is 4.41. The molecule has 4 rings (SSSR count). The summed E-state index contributed by atoms with van der Waals surface area (Å²) in [5, 5.41) is 8.48. The number of H-pyrrole nitrogens is 1. The van der Waals surface area contributed by atoms with Crippen LogP contribution in [-0.4, -0.2) is 47.3 Å². The van der Waals surface area contributed by atoms with Gasteiger partial charge in [-0.1, -0.05) is 36.4 Å². The van der Waals surface area contributed by atoms with E-state index < -0.39 is 0 Å². The second-order valence-corrected chi connectivity index (χ2v) is 6.84. The largest absolute Gasteiger partial charge is 0.381 e. The molecule has 146 valence electrons. The molecule has 5 nitrogen and oxygen atoms in total. The number of aromatic nitrogens is 2. The first-order valence-electron chi connectivity index (χ1n) is 9.28. The molecule has 0 aliphatic carbocycles. The van der Waals surface area contributed by atoms with Crippen molar-refractivity contribution in [3.8, 4) is 0 Å². The number of rotatable bonds is 4. The van der Waals surface area contributed by atoms with E-state index in [4.69, 9.17) is 4.74 Å².